The third-order valence-corrected chi connectivity index (χ3v) is 6.14. The molecule has 2 aromatic rings. The van der Waals surface area contributed by atoms with Crippen LogP contribution in [0, 0.1) is 0 Å². The van der Waals surface area contributed by atoms with Gasteiger partial charge in [-0.25, -0.2) is 4.98 Å². The Balaban J connectivity index is 1.36. The number of hydrogen-bond donors (Lipinski definition) is 0. The zero-order chi connectivity index (χ0) is 17.1. The van der Waals surface area contributed by atoms with E-state index in [1.54, 1.807) is 6.20 Å². The van der Waals surface area contributed by atoms with Gasteiger partial charge in [0.15, 0.2) is 11.9 Å². The summed E-state index contributed by atoms with van der Waals surface area (Å²) < 4.78 is 11.7. The molecule has 0 unspecified atom stereocenters. The maximum Gasteiger partial charge on any atom is 0.257 e. The van der Waals surface area contributed by atoms with E-state index in [2.05, 4.69) is 40.4 Å². The number of ether oxygens (including phenoxy) is 2. The van der Waals surface area contributed by atoms with Gasteiger partial charge in [0.05, 0.1) is 0 Å². The molecule has 0 amide bonds. The fourth-order valence-corrected chi connectivity index (χ4v) is 4.15. The van der Waals surface area contributed by atoms with Gasteiger partial charge in [0.2, 0.25) is 0 Å². The van der Waals surface area contributed by atoms with Crippen molar-refractivity contribution in [1.29, 1.82) is 0 Å². The van der Waals surface area contributed by atoms with Gasteiger partial charge in [0.25, 0.3) is 5.88 Å². The lowest BCUT2D eigenvalue weighted by atomic mass is 10.1. The maximum atomic E-state index is 5.98. The van der Waals surface area contributed by atoms with Crippen LogP contribution in [0.5, 0.6) is 11.6 Å². The highest BCUT2D eigenvalue weighted by atomic mass is 32.2. The van der Waals surface area contributed by atoms with Crippen molar-refractivity contribution in [2.75, 3.05) is 26.0 Å². The van der Waals surface area contributed by atoms with Crippen molar-refractivity contribution < 1.29 is 9.47 Å². The number of rotatable bonds is 4. The Bertz CT molecular complexity index is 699. The second-order valence-corrected chi connectivity index (χ2v) is 7.82. The number of piperidine rings is 1. The molecule has 2 aliphatic rings. The molecule has 1 aromatic heterocycles. The summed E-state index contributed by atoms with van der Waals surface area (Å²) in [6.45, 7) is 3.97. The number of aromatic nitrogens is 1. The number of likely N-dealkylation sites (tertiary alicyclic amines) is 1. The average Bonchev–Trinajstić information content (AvgIpc) is 2.69. The molecule has 0 spiro atoms. The average molecular weight is 356 g/mol. The first-order valence-corrected chi connectivity index (χ1v) is 10.2. The van der Waals surface area contributed by atoms with Crippen LogP contribution in [0.2, 0.25) is 0 Å². The number of hydrogen-bond acceptors (Lipinski definition) is 5. The fraction of sp³-hybridized carbons (Fsp3) is 0.450. The van der Waals surface area contributed by atoms with Crippen molar-refractivity contribution in [2.24, 2.45) is 0 Å². The van der Waals surface area contributed by atoms with Crippen LogP contribution < -0.4 is 9.47 Å². The molecule has 132 valence electrons. The van der Waals surface area contributed by atoms with E-state index in [1.165, 1.54) is 31.5 Å². The fourth-order valence-electron chi connectivity index (χ4n) is 3.47. The monoisotopic (exact) mass is 356 g/mol. The Morgan fingerprint density at radius 3 is 2.72 bits per heavy atom. The first kappa shape index (κ1) is 16.7. The molecule has 0 N–H and O–H groups in total. The Hall–Kier alpha value is -1.72. The molecular formula is C20H24N2O2S. The molecular weight excluding hydrogens is 332 g/mol. The standard InChI is InChI=1S/C20H24N2O2S/c1-25-17-8-11-22(12-9-17)13-15-4-6-16(7-5-15)19-14-23-18-3-2-10-21-20(18)24-19/h2-7,10,17,19H,8-9,11-14H2,1H3/t19-/m1/s1. The van der Waals surface area contributed by atoms with E-state index in [-0.39, 0.29) is 6.10 Å². The van der Waals surface area contributed by atoms with Gasteiger partial charge >= 0.3 is 0 Å². The molecule has 3 heterocycles. The van der Waals surface area contributed by atoms with Crippen molar-refractivity contribution in [3.05, 3.63) is 53.7 Å². The van der Waals surface area contributed by atoms with Crippen molar-refractivity contribution >= 4 is 11.8 Å². The first-order valence-electron chi connectivity index (χ1n) is 8.90. The maximum absolute atomic E-state index is 5.98. The summed E-state index contributed by atoms with van der Waals surface area (Å²) >= 11 is 2.01. The Labute approximate surface area is 153 Å². The van der Waals surface area contributed by atoms with E-state index in [0.717, 1.165) is 23.1 Å². The molecule has 4 rings (SSSR count). The van der Waals surface area contributed by atoms with E-state index in [4.69, 9.17) is 9.47 Å². The van der Waals surface area contributed by atoms with Crippen LogP contribution in [0.4, 0.5) is 0 Å². The molecule has 1 atom stereocenters. The SMILES string of the molecule is CSC1CCN(Cc2ccc([C@H]3COc4cccnc4O3)cc2)CC1. The van der Waals surface area contributed by atoms with E-state index in [9.17, 15) is 0 Å². The third kappa shape index (κ3) is 3.93. The third-order valence-electron chi connectivity index (χ3n) is 5.01. The van der Waals surface area contributed by atoms with E-state index >= 15 is 0 Å². The number of pyridine rings is 1. The molecule has 0 saturated carbocycles. The molecule has 1 fully saturated rings. The van der Waals surface area contributed by atoms with Gasteiger partial charge < -0.3 is 9.47 Å². The number of fused-ring (bicyclic) bond motifs is 1. The molecule has 1 aromatic carbocycles. The lowest BCUT2D eigenvalue weighted by molar-refractivity contribution is 0.0851. The summed E-state index contributed by atoms with van der Waals surface area (Å²) in [4.78, 5) is 6.81. The lowest BCUT2D eigenvalue weighted by Gasteiger charge is -2.31. The van der Waals surface area contributed by atoms with Crippen LogP contribution in [0.3, 0.4) is 0 Å². The second-order valence-electron chi connectivity index (χ2n) is 6.68. The van der Waals surface area contributed by atoms with E-state index in [0.29, 0.717) is 12.5 Å². The Morgan fingerprint density at radius 2 is 1.96 bits per heavy atom. The molecule has 25 heavy (non-hydrogen) atoms. The quantitative estimate of drug-likeness (QED) is 0.829. The number of nitrogens with zero attached hydrogens (tertiary/aromatic N) is 2. The van der Waals surface area contributed by atoms with E-state index < -0.39 is 0 Å². The summed E-state index contributed by atoms with van der Waals surface area (Å²) in [5, 5.41) is 0.846. The number of thioether (sulfide) groups is 1. The summed E-state index contributed by atoms with van der Waals surface area (Å²) in [5.41, 5.74) is 2.50. The second kappa shape index (κ2) is 7.67. The first-order chi connectivity index (χ1) is 12.3. The van der Waals surface area contributed by atoms with Crippen LogP contribution in [0.1, 0.15) is 30.1 Å². The van der Waals surface area contributed by atoms with Gasteiger partial charge in [0.1, 0.15) is 6.61 Å². The molecule has 0 aliphatic carbocycles. The predicted molar refractivity (Wildman–Crippen MR) is 101 cm³/mol. The minimum atomic E-state index is -0.0891. The Morgan fingerprint density at radius 1 is 1.16 bits per heavy atom. The lowest BCUT2D eigenvalue weighted by Crippen LogP contribution is -2.34. The summed E-state index contributed by atoms with van der Waals surface area (Å²) in [6, 6.07) is 12.5. The molecule has 1 saturated heterocycles. The summed E-state index contributed by atoms with van der Waals surface area (Å²) in [6.07, 6.45) is 6.48. The van der Waals surface area contributed by atoms with Crippen molar-refractivity contribution in [3.8, 4) is 11.6 Å². The van der Waals surface area contributed by atoms with Crippen LogP contribution >= 0.6 is 11.8 Å². The largest absolute Gasteiger partial charge is 0.484 e. The smallest absolute Gasteiger partial charge is 0.257 e. The zero-order valence-corrected chi connectivity index (χ0v) is 15.4. The Kier molecular flexibility index (Phi) is 5.13. The molecule has 5 heteroatoms. The van der Waals surface area contributed by atoms with Gasteiger partial charge in [-0.2, -0.15) is 11.8 Å². The minimum Gasteiger partial charge on any atom is -0.484 e. The van der Waals surface area contributed by atoms with Crippen LogP contribution in [0.25, 0.3) is 0 Å². The normalized spacial score (nSPS) is 21.2. The summed E-state index contributed by atoms with van der Waals surface area (Å²) in [7, 11) is 0. The highest BCUT2D eigenvalue weighted by Crippen LogP contribution is 2.34. The minimum absolute atomic E-state index is 0.0891. The van der Waals surface area contributed by atoms with Gasteiger partial charge in [-0.15, -0.1) is 0 Å². The van der Waals surface area contributed by atoms with Crippen molar-refractivity contribution in [1.82, 2.24) is 9.88 Å². The van der Waals surface area contributed by atoms with Crippen molar-refractivity contribution in [2.45, 2.75) is 30.7 Å². The number of benzene rings is 1. The van der Waals surface area contributed by atoms with Crippen LogP contribution in [0.15, 0.2) is 42.6 Å². The van der Waals surface area contributed by atoms with Gasteiger partial charge in [0, 0.05) is 18.0 Å². The molecule has 0 bridgehead atoms. The summed E-state index contributed by atoms with van der Waals surface area (Å²) in [5.74, 6) is 1.31. The van der Waals surface area contributed by atoms with Gasteiger partial charge in [-0.1, -0.05) is 24.3 Å². The molecule has 4 nitrogen and oxygen atoms in total. The highest BCUT2D eigenvalue weighted by Gasteiger charge is 2.23. The van der Waals surface area contributed by atoms with Gasteiger partial charge in [-0.05, 0) is 55.4 Å². The van der Waals surface area contributed by atoms with Crippen molar-refractivity contribution in [3.63, 3.8) is 0 Å². The van der Waals surface area contributed by atoms with E-state index in [1.807, 2.05) is 23.9 Å². The topological polar surface area (TPSA) is 34.6 Å². The van der Waals surface area contributed by atoms with Gasteiger partial charge in [-0.3, -0.25) is 4.90 Å². The van der Waals surface area contributed by atoms with Crippen LogP contribution in [-0.2, 0) is 6.54 Å². The molecule has 2 aliphatic heterocycles. The van der Waals surface area contributed by atoms with Crippen LogP contribution in [-0.4, -0.2) is 41.1 Å². The zero-order valence-electron chi connectivity index (χ0n) is 14.6. The predicted octanol–water partition coefficient (Wildman–Crippen LogP) is 3.92. The molecule has 0 radical (unpaired) electrons. The highest BCUT2D eigenvalue weighted by molar-refractivity contribution is 7.99.